The molecule has 0 unspecified atom stereocenters. The van der Waals surface area contributed by atoms with Crippen LogP contribution in [0.25, 0.3) is 0 Å². The summed E-state index contributed by atoms with van der Waals surface area (Å²) in [4.78, 5) is 13.8. The van der Waals surface area contributed by atoms with Crippen LogP contribution in [0, 0.1) is 11.6 Å². The summed E-state index contributed by atoms with van der Waals surface area (Å²) in [7, 11) is 0. The van der Waals surface area contributed by atoms with Crippen LogP contribution < -0.4 is 0 Å². The van der Waals surface area contributed by atoms with Crippen LogP contribution in [0.5, 0.6) is 0 Å². The summed E-state index contributed by atoms with van der Waals surface area (Å²) in [6, 6.07) is 11.0. The van der Waals surface area contributed by atoms with Gasteiger partial charge in [0.15, 0.2) is 11.6 Å². The molecule has 4 heteroatoms. The molecule has 0 N–H and O–H groups in total. The first-order valence-corrected chi connectivity index (χ1v) is 5.96. The summed E-state index contributed by atoms with van der Waals surface area (Å²) in [6.45, 7) is 1.02. The molecule has 0 saturated heterocycles. The standard InChI is InChI=1S/C15H11F2NO/c16-13-6-5-10(7-14(13)17)15(19)18-8-11-3-1-2-4-12(11)9-18/h1-7H,8-9H2. The minimum absolute atomic E-state index is 0.173. The molecule has 3 rings (SSSR count). The van der Waals surface area contributed by atoms with Crippen LogP contribution in [0.15, 0.2) is 42.5 Å². The van der Waals surface area contributed by atoms with Crippen molar-refractivity contribution in [2.24, 2.45) is 0 Å². The topological polar surface area (TPSA) is 20.3 Å². The minimum atomic E-state index is -0.998. The predicted octanol–water partition coefficient (Wildman–Crippen LogP) is 3.12. The summed E-state index contributed by atoms with van der Waals surface area (Å²) in [5.74, 6) is -2.22. The molecule has 0 atom stereocenters. The van der Waals surface area contributed by atoms with E-state index in [4.69, 9.17) is 0 Å². The number of benzene rings is 2. The van der Waals surface area contributed by atoms with Crippen LogP contribution >= 0.6 is 0 Å². The average Bonchev–Trinajstić information content (AvgIpc) is 2.85. The van der Waals surface area contributed by atoms with Crippen LogP contribution in [-0.4, -0.2) is 10.8 Å². The summed E-state index contributed by atoms with van der Waals surface area (Å²) in [5, 5.41) is 0. The molecule has 1 aliphatic rings. The van der Waals surface area contributed by atoms with Crippen molar-refractivity contribution >= 4 is 5.91 Å². The van der Waals surface area contributed by atoms with Crippen LogP contribution in [0.1, 0.15) is 21.5 Å². The van der Waals surface area contributed by atoms with E-state index in [2.05, 4.69) is 0 Å². The number of halogens is 2. The first-order valence-electron chi connectivity index (χ1n) is 5.96. The van der Waals surface area contributed by atoms with E-state index in [0.717, 1.165) is 23.3 Å². The van der Waals surface area contributed by atoms with Crippen molar-refractivity contribution in [1.29, 1.82) is 0 Å². The number of hydrogen-bond donors (Lipinski definition) is 0. The number of carbonyl (C=O) groups excluding carboxylic acids is 1. The number of fused-ring (bicyclic) bond motifs is 1. The lowest BCUT2D eigenvalue weighted by Crippen LogP contribution is -2.25. The normalized spacial score (nSPS) is 13.5. The zero-order valence-corrected chi connectivity index (χ0v) is 10.1. The van der Waals surface area contributed by atoms with Crippen molar-refractivity contribution < 1.29 is 13.6 Å². The molecule has 2 nitrogen and oxygen atoms in total. The Kier molecular flexibility index (Phi) is 2.78. The van der Waals surface area contributed by atoms with Crippen LogP contribution in [-0.2, 0) is 13.1 Å². The lowest BCUT2D eigenvalue weighted by Gasteiger charge is -2.15. The smallest absolute Gasteiger partial charge is 0.254 e. The summed E-state index contributed by atoms with van der Waals surface area (Å²) in [6.07, 6.45) is 0. The molecule has 0 bridgehead atoms. The first kappa shape index (κ1) is 11.8. The van der Waals surface area contributed by atoms with Crippen molar-refractivity contribution in [3.63, 3.8) is 0 Å². The molecule has 0 aromatic heterocycles. The molecule has 0 radical (unpaired) electrons. The van der Waals surface area contributed by atoms with Gasteiger partial charge in [-0.25, -0.2) is 8.78 Å². The maximum absolute atomic E-state index is 13.1. The Labute approximate surface area is 109 Å². The SMILES string of the molecule is O=C(c1ccc(F)c(F)c1)N1Cc2ccccc2C1. The van der Waals surface area contributed by atoms with Gasteiger partial charge in [-0.1, -0.05) is 24.3 Å². The Morgan fingerprint density at radius 2 is 1.58 bits per heavy atom. The predicted molar refractivity (Wildman–Crippen MR) is 66.4 cm³/mol. The largest absolute Gasteiger partial charge is 0.330 e. The van der Waals surface area contributed by atoms with Gasteiger partial charge < -0.3 is 4.90 Å². The molecule has 0 saturated carbocycles. The molecule has 1 heterocycles. The maximum atomic E-state index is 13.1. The monoisotopic (exact) mass is 259 g/mol. The second-order valence-electron chi connectivity index (χ2n) is 4.56. The molecule has 0 aliphatic carbocycles. The fourth-order valence-corrected chi connectivity index (χ4v) is 2.29. The highest BCUT2D eigenvalue weighted by Gasteiger charge is 2.24. The number of hydrogen-bond acceptors (Lipinski definition) is 1. The number of amides is 1. The summed E-state index contributed by atoms with van der Waals surface area (Å²) >= 11 is 0. The molecule has 2 aromatic rings. The van der Waals surface area contributed by atoms with Crippen molar-refractivity contribution in [1.82, 2.24) is 4.90 Å². The van der Waals surface area contributed by atoms with Gasteiger partial charge in [0.1, 0.15) is 0 Å². The van der Waals surface area contributed by atoms with Crippen molar-refractivity contribution in [2.75, 3.05) is 0 Å². The second-order valence-corrected chi connectivity index (χ2v) is 4.56. The van der Waals surface area contributed by atoms with Crippen LogP contribution in [0.2, 0.25) is 0 Å². The first-order chi connectivity index (χ1) is 9.15. The molecule has 2 aromatic carbocycles. The van der Waals surface area contributed by atoms with E-state index in [9.17, 15) is 13.6 Å². The lowest BCUT2D eigenvalue weighted by atomic mass is 10.1. The Morgan fingerprint density at radius 3 is 2.16 bits per heavy atom. The highest BCUT2D eigenvalue weighted by atomic mass is 19.2. The van der Waals surface area contributed by atoms with Gasteiger partial charge in [0.2, 0.25) is 0 Å². The van der Waals surface area contributed by atoms with Gasteiger partial charge in [-0.3, -0.25) is 4.79 Å². The molecule has 1 amide bonds. The second kappa shape index (κ2) is 4.46. The molecule has 1 aliphatic heterocycles. The van der Waals surface area contributed by atoms with E-state index in [-0.39, 0.29) is 11.5 Å². The van der Waals surface area contributed by atoms with E-state index in [1.165, 1.54) is 6.07 Å². The molecular formula is C15H11F2NO. The zero-order valence-electron chi connectivity index (χ0n) is 10.1. The lowest BCUT2D eigenvalue weighted by molar-refractivity contribution is 0.0751. The summed E-state index contributed by atoms with van der Waals surface area (Å²) < 4.78 is 26.0. The molecule has 0 spiro atoms. The Hall–Kier alpha value is -2.23. The van der Waals surface area contributed by atoms with Crippen LogP contribution in [0.3, 0.4) is 0 Å². The molecule has 0 fully saturated rings. The third kappa shape index (κ3) is 2.10. The van der Waals surface area contributed by atoms with Gasteiger partial charge in [0.05, 0.1) is 0 Å². The number of nitrogens with zero attached hydrogens (tertiary/aromatic N) is 1. The van der Waals surface area contributed by atoms with Crippen LogP contribution in [0.4, 0.5) is 8.78 Å². The van der Waals surface area contributed by atoms with Gasteiger partial charge in [-0.2, -0.15) is 0 Å². The number of rotatable bonds is 1. The fraction of sp³-hybridized carbons (Fsp3) is 0.133. The average molecular weight is 259 g/mol. The summed E-state index contributed by atoms with van der Waals surface area (Å²) in [5.41, 5.74) is 2.36. The van der Waals surface area contributed by atoms with E-state index in [0.29, 0.717) is 13.1 Å². The van der Waals surface area contributed by atoms with Crippen molar-refractivity contribution in [3.05, 3.63) is 70.8 Å². The van der Waals surface area contributed by atoms with Gasteiger partial charge in [-0.15, -0.1) is 0 Å². The molecular weight excluding hydrogens is 248 g/mol. The number of carbonyl (C=O) groups is 1. The fourth-order valence-electron chi connectivity index (χ4n) is 2.29. The Balaban J connectivity index is 1.85. The quantitative estimate of drug-likeness (QED) is 0.770. The van der Waals surface area contributed by atoms with E-state index < -0.39 is 11.6 Å². The van der Waals surface area contributed by atoms with E-state index in [1.54, 1.807) is 4.90 Å². The van der Waals surface area contributed by atoms with Crippen molar-refractivity contribution in [2.45, 2.75) is 13.1 Å². The third-order valence-corrected chi connectivity index (χ3v) is 3.29. The maximum Gasteiger partial charge on any atom is 0.254 e. The van der Waals surface area contributed by atoms with E-state index >= 15 is 0 Å². The zero-order chi connectivity index (χ0) is 13.4. The van der Waals surface area contributed by atoms with Gasteiger partial charge in [0, 0.05) is 18.7 Å². The highest BCUT2D eigenvalue weighted by Crippen LogP contribution is 2.24. The molecule has 96 valence electrons. The molecule has 19 heavy (non-hydrogen) atoms. The van der Waals surface area contributed by atoms with Gasteiger partial charge in [-0.05, 0) is 29.3 Å². The van der Waals surface area contributed by atoms with Crippen molar-refractivity contribution in [3.8, 4) is 0 Å². The van der Waals surface area contributed by atoms with Gasteiger partial charge in [0.25, 0.3) is 5.91 Å². The highest BCUT2D eigenvalue weighted by molar-refractivity contribution is 5.94. The van der Waals surface area contributed by atoms with Gasteiger partial charge >= 0.3 is 0 Å². The Morgan fingerprint density at radius 1 is 0.947 bits per heavy atom. The Bertz CT molecular complexity index is 629. The minimum Gasteiger partial charge on any atom is -0.330 e. The van der Waals surface area contributed by atoms with E-state index in [1.807, 2.05) is 24.3 Å². The third-order valence-electron chi connectivity index (χ3n) is 3.29.